The third-order valence-electron chi connectivity index (χ3n) is 4.29. The van der Waals surface area contributed by atoms with Crippen LogP contribution in [0.25, 0.3) is 0 Å². The molecule has 0 radical (unpaired) electrons. The van der Waals surface area contributed by atoms with Crippen LogP contribution in [0.2, 0.25) is 0 Å². The van der Waals surface area contributed by atoms with E-state index in [2.05, 4.69) is 25.7 Å². The minimum Gasteiger partial charge on any atom is -0.343 e. The third kappa shape index (κ3) is 5.17. The molecule has 18 heavy (non-hydrogen) atoms. The maximum Gasteiger partial charge on any atom is 0.222 e. The van der Waals surface area contributed by atoms with Crippen LogP contribution in [0, 0.1) is 17.8 Å². The Morgan fingerprint density at radius 3 is 2.61 bits per heavy atom. The Morgan fingerprint density at radius 2 is 2.00 bits per heavy atom. The van der Waals surface area contributed by atoms with Crippen molar-refractivity contribution in [2.45, 2.75) is 52.9 Å². The number of amides is 1. The van der Waals surface area contributed by atoms with Gasteiger partial charge in [0.05, 0.1) is 0 Å². The van der Waals surface area contributed by atoms with Crippen LogP contribution in [0.3, 0.4) is 0 Å². The zero-order valence-corrected chi connectivity index (χ0v) is 12.9. The average Bonchev–Trinajstić information content (AvgIpc) is 2.49. The van der Waals surface area contributed by atoms with Gasteiger partial charge in [0.2, 0.25) is 5.91 Å². The summed E-state index contributed by atoms with van der Waals surface area (Å²) in [6.07, 6.45) is 5.13. The first-order valence-corrected chi connectivity index (χ1v) is 7.91. The molecule has 2 unspecified atom stereocenters. The molecule has 0 aromatic heterocycles. The van der Waals surface area contributed by atoms with E-state index in [1.165, 1.54) is 6.42 Å². The molecule has 1 amide bonds. The van der Waals surface area contributed by atoms with Crippen LogP contribution in [-0.2, 0) is 4.79 Å². The number of carbonyl (C=O) groups excluding carboxylic acids is 1. The fourth-order valence-electron chi connectivity index (χ4n) is 2.67. The van der Waals surface area contributed by atoms with Crippen LogP contribution in [0.1, 0.15) is 52.9 Å². The fourth-order valence-corrected chi connectivity index (χ4v) is 3.04. The van der Waals surface area contributed by atoms with Crippen LogP contribution < -0.4 is 0 Å². The van der Waals surface area contributed by atoms with Crippen LogP contribution in [0.5, 0.6) is 0 Å². The molecule has 1 heterocycles. The standard InChI is InChI=1S/C15H28ClNO/c1-12(2)14-4-5-15(18)17(11-8-14)10-7-13(3)6-9-16/h12-14H,4-11H2,1-3H3. The highest BCUT2D eigenvalue weighted by Gasteiger charge is 2.24. The van der Waals surface area contributed by atoms with Gasteiger partial charge in [-0.2, -0.15) is 0 Å². The SMILES string of the molecule is CC(CCCl)CCN1CCC(C(C)C)CCC1=O. The molecule has 0 aromatic rings. The van der Waals surface area contributed by atoms with E-state index >= 15 is 0 Å². The maximum absolute atomic E-state index is 12.1. The molecule has 0 aliphatic carbocycles. The van der Waals surface area contributed by atoms with E-state index < -0.39 is 0 Å². The van der Waals surface area contributed by atoms with Crippen molar-refractivity contribution in [3.8, 4) is 0 Å². The van der Waals surface area contributed by atoms with Crippen molar-refractivity contribution in [2.24, 2.45) is 17.8 Å². The topological polar surface area (TPSA) is 20.3 Å². The largest absolute Gasteiger partial charge is 0.343 e. The molecule has 1 saturated heterocycles. The van der Waals surface area contributed by atoms with E-state index in [-0.39, 0.29) is 0 Å². The Kier molecular flexibility index (Phi) is 7.06. The smallest absolute Gasteiger partial charge is 0.222 e. The Balaban J connectivity index is 2.38. The summed E-state index contributed by atoms with van der Waals surface area (Å²) >= 11 is 5.75. The molecule has 3 heteroatoms. The summed E-state index contributed by atoms with van der Waals surface area (Å²) in [6.45, 7) is 8.64. The number of nitrogens with zero attached hydrogens (tertiary/aromatic N) is 1. The van der Waals surface area contributed by atoms with Gasteiger partial charge < -0.3 is 4.90 Å². The van der Waals surface area contributed by atoms with Gasteiger partial charge >= 0.3 is 0 Å². The summed E-state index contributed by atoms with van der Waals surface area (Å²) in [5, 5.41) is 0. The lowest BCUT2D eigenvalue weighted by Gasteiger charge is -2.23. The molecule has 0 saturated carbocycles. The Bertz CT molecular complexity index is 255. The van der Waals surface area contributed by atoms with Crippen LogP contribution in [-0.4, -0.2) is 29.8 Å². The summed E-state index contributed by atoms with van der Waals surface area (Å²) in [5.74, 6) is 3.13. The van der Waals surface area contributed by atoms with E-state index in [1.54, 1.807) is 0 Å². The summed E-state index contributed by atoms with van der Waals surface area (Å²) in [6, 6.07) is 0. The monoisotopic (exact) mass is 273 g/mol. The normalized spacial score (nSPS) is 23.3. The zero-order chi connectivity index (χ0) is 13.5. The first kappa shape index (κ1) is 15.8. The number of carbonyl (C=O) groups is 1. The zero-order valence-electron chi connectivity index (χ0n) is 12.1. The predicted molar refractivity (Wildman–Crippen MR) is 77.9 cm³/mol. The second-order valence-electron chi connectivity index (χ2n) is 6.08. The quantitative estimate of drug-likeness (QED) is 0.672. The number of likely N-dealkylation sites (tertiary alicyclic amines) is 1. The molecule has 2 atom stereocenters. The molecular weight excluding hydrogens is 246 g/mol. The molecule has 1 aliphatic rings. The van der Waals surface area contributed by atoms with Crippen LogP contribution in [0.15, 0.2) is 0 Å². The van der Waals surface area contributed by atoms with Crippen molar-refractivity contribution in [3.05, 3.63) is 0 Å². The van der Waals surface area contributed by atoms with Gasteiger partial charge in [-0.3, -0.25) is 4.79 Å². The van der Waals surface area contributed by atoms with Gasteiger partial charge in [-0.05, 0) is 43.4 Å². The van der Waals surface area contributed by atoms with Gasteiger partial charge in [-0.1, -0.05) is 20.8 Å². The second-order valence-corrected chi connectivity index (χ2v) is 6.46. The lowest BCUT2D eigenvalue weighted by Crippen LogP contribution is -2.32. The van der Waals surface area contributed by atoms with Gasteiger partial charge in [-0.15, -0.1) is 11.6 Å². The lowest BCUT2D eigenvalue weighted by atomic mass is 9.89. The maximum atomic E-state index is 12.1. The summed E-state index contributed by atoms with van der Waals surface area (Å²) in [7, 11) is 0. The molecule has 1 rings (SSSR count). The van der Waals surface area contributed by atoms with Gasteiger partial charge in [0.1, 0.15) is 0 Å². The van der Waals surface area contributed by atoms with Crippen molar-refractivity contribution >= 4 is 17.5 Å². The number of rotatable bonds is 6. The Morgan fingerprint density at radius 1 is 1.28 bits per heavy atom. The van der Waals surface area contributed by atoms with Gasteiger partial charge in [0.15, 0.2) is 0 Å². The van der Waals surface area contributed by atoms with Gasteiger partial charge in [0, 0.05) is 25.4 Å². The summed E-state index contributed by atoms with van der Waals surface area (Å²) in [4.78, 5) is 14.1. The molecule has 0 bridgehead atoms. The van der Waals surface area contributed by atoms with E-state index in [1.807, 2.05) is 0 Å². The first-order chi connectivity index (χ1) is 8.54. The van der Waals surface area contributed by atoms with Crippen molar-refractivity contribution < 1.29 is 4.79 Å². The van der Waals surface area contributed by atoms with Crippen molar-refractivity contribution in [1.82, 2.24) is 4.90 Å². The number of hydrogen-bond acceptors (Lipinski definition) is 1. The summed E-state index contributed by atoms with van der Waals surface area (Å²) in [5.41, 5.74) is 0. The molecule has 106 valence electrons. The molecule has 0 aromatic carbocycles. The highest BCUT2D eigenvalue weighted by atomic mass is 35.5. The number of hydrogen-bond donors (Lipinski definition) is 0. The van der Waals surface area contributed by atoms with E-state index in [9.17, 15) is 4.79 Å². The second kappa shape index (κ2) is 8.04. The van der Waals surface area contributed by atoms with E-state index in [4.69, 9.17) is 11.6 Å². The molecule has 1 fully saturated rings. The average molecular weight is 274 g/mol. The van der Waals surface area contributed by atoms with E-state index in [0.717, 1.165) is 50.6 Å². The minimum absolute atomic E-state index is 0.358. The molecule has 0 N–H and O–H groups in total. The van der Waals surface area contributed by atoms with Gasteiger partial charge in [-0.25, -0.2) is 0 Å². The Hall–Kier alpha value is -0.240. The fraction of sp³-hybridized carbons (Fsp3) is 0.933. The van der Waals surface area contributed by atoms with E-state index in [0.29, 0.717) is 17.7 Å². The summed E-state index contributed by atoms with van der Waals surface area (Å²) < 4.78 is 0. The highest BCUT2D eigenvalue weighted by molar-refractivity contribution is 6.17. The molecule has 0 spiro atoms. The lowest BCUT2D eigenvalue weighted by molar-refractivity contribution is -0.130. The predicted octanol–water partition coefficient (Wildman–Crippen LogP) is 3.93. The van der Waals surface area contributed by atoms with Gasteiger partial charge in [0.25, 0.3) is 0 Å². The molecule has 1 aliphatic heterocycles. The first-order valence-electron chi connectivity index (χ1n) is 7.38. The minimum atomic E-state index is 0.358. The molecular formula is C15H28ClNO. The van der Waals surface area contributed by atoms with Crippen LogP contribution >= 0.6 is 11.6 Å². The van der Waals surface area contributed by atoms with Crippen molar-refractivity contribution in [1.29, 1.82) is 0 Å². The van der Waals surface area contributed by atoms with Crippen molar-refractivity contribution in [3.63, 3.8) is 0 Å². The van der Waals surface area contributed by atoms with Crippen molar-refractivity contribution in [2.75, 3.05) is 19.0 Å². The highest BCUT2D eigenvalue weighted by Crippen LogP contribution is 2.25. The van der Waals surface area contributed by atoms with Crippen LogP contribution in [0.4, 0.5) is 0 Å². The molecule has 2 nitrogen and oxygen atoms in total. The number of alkyl halides is 1. The number of halogens is 1. The third-order valence-corrected chi connectivity index (χ3v) is 4.51. The Labute approximate surface area is 117 Å².